The molecule has 5 nitrogen and oxygen atoms in total. The van der Waals surface area contributed by atoms with E-state index in [1.54, 1.807) is 0 Å². The molecule has 1 aromatic rings. The lowest BCUT2D eigenvalue weighted by Crippen LogP contribution is -2.42. The number of fused-ring (bicyclic) bond motifs is 1. The van der Waals surface area contributed by atoms with E-state index in [-0.39, 0.29) is 22.8 Å². The van der Waals surface area contributed by atoms with Crippen molar-refractivity contribution in [2.75, 3.05) is 18.1 Å². The fourth-order valence-corrected chi connectivity index (χ4v) is 5.52. The third-order valence-corrected chi connectivity index (χ3v) is 12.3. The summed E-state index contributed by atoms with van der Waals surface area (Å²) in [5.41, 5.74) is 2.97. The van der Waals surface area contributed by atoms with E-state index in [2.05, 4.69) is 53.4 Å². The monoisotopic (exact) mass is 501 g/mol. The van der Waals surface area contributed by atoms with Crippen molar-refractivity contribution in [2.24, 2.45) is 5.92 Å². The fourth-order valence-electron chi connectivity index (χ4n) is 4.46. The quantitative estimate of drug-likeness (QED) is 0.131. The zero-order chi connectivity index (χ0) is 26.4. The highest BCUT2D eigenvalue weighted by Crippen LogP contribution is 2.41. The Balaban J connectivity index is 2.16. The predicted octanol–water partition coefficient (Wildman–Crippen LogP) is 7.23. The van der Waals surface area contributed by atoms with Crippen LogP contribution in [0.4, 0.5) is 5.69 Å². The van der Waals surface area contributed by atoms with Crippen LogP contribution < -0.4 is 4.90 Å². The van der Waals surface area contributed by atoms with Crippen LogP contribution in [0.2, 0.25) is 18.1 Å². The first-order chi connectivity index (χ1) is 16.3. The van der Waals surface area contributed by atoms with Crippen molar-refractivity contribution in [3.05, 3.63) is 42.0 Å². The number of hydrogen-bond acceptors (Lipinski definition) is 4. The third-order valence-electron chi connectivity index (χ3n) is 7.71. The van der Waals surface area contributed by atoms with Gasteiger partial charge < -0.3 is 14.1 Å². The van der Waals surface area contributed by atoms with Gasteiger partial charge in [0.05, 0.1) is 5.92 Å². The number of hydrogen-bond donors (Lipinski definition) is 0. The van der Waals surface area contributed by atoms with Gasteiger partial charge in [0.1, 0.15) is 6.10 Å². The second-order valence-corrected chi connectivity index (χ2v) is 16.3. The lowest BCUT2D eigenvalue weighted by Gasteiger charge is -2.36. The van der Waals surface area contributed by atoms with Gasteiger partial charge in [-0.15, -0.1) is 0 Å². The van der Waals surface area contributed by atoms with Crippen molar-refractivity contribution in [1.29, 1.82) is 0 Å². The molecule has 0 aliphatic carbocycles. The summed E-state index contributed by atoms with van der Waals surface area (Å²) in [7, 11) is -1.82. The smallest absolute Gasteiger partial charge is 0.303 e. The predicted molar refractivity (Wildman–Crippen MR) is 147 cm³/mol. The molecular weight excluding hydrogens is 454 g/mol. The van der Waals surface area contributed by atoms with Crippen molar-refractivity contribution >= 4 is 25.9 Å². The Morgan fingerprint density at radius 3 is 2.46 bits per heavy atom. The summed E-state index contributed by atoms with van der Waals surface area (Å²) in [5, 5.41) is 0.170. The third kappa shape index (κ3) is 7.53. The molecule has 1 aliphatic rings. The van der Waals surface area contributed by atoms with E-state index < -0.39 is 20.3 Å². The van der Waals surface area contributed by atoms with Crippen LogP contribution in [0.1, 0.15) is 85.1 Å². The van der Waals surface area contributed by atoms with Gasteiger partial charge in [-0.3, -0.25) is 9.59 Å². The number of benzene rings is 1. The SMILES string of the molecule is C=C(CCCCC)[C@@H](OC(C)=O)[C@H](C)C(=O)N1CC(CCO[Si](C)(C)C(C)(C)C)c2ccccc21. The summed E-state index contributed by atoms with van der Waals surface area (Å²) < 4.78 is 12.1. The van der Waals surface area contributed by atoms with Crippen LogP contribution in [-0.4, -0.2) is 39.4 Å². The summed E-state index contributed by atoms with van der Waals surface area (Å²) in [5.74, 6) is -0.669. The summed E-state index contributed by atoms with van der Waals surface area (Å²) in [6.45, 7) is 22.2. The molecule has 0 N–H and O–H groups in total. The van der Waals surface area contributed by atoms with Crippen LogP contribution in [0, 0.1) is 5.92 Å². The molecule has 0 aromatic heterocycles. The summed E-state index contributed by atoms with van der Waals surface area (Å²) in [6, 6.07) is 8.16. The highest BCUT2D eigenvalue weighted by molar-refractivity contribution is 6.74. The normalized spacial score (nSPS) is 17.6. The van der Waals surface area contributed by atoms with E-state index in [0.717, 1.165) is 43.4 Å². The van der Waals surface area contributed by atoms with Crippen molar-refractivity contribution in [3.8, 4) is 0 Å². The molecule has 0 spiro atoms. The van der Waals surface area contributed by atoms with Crippen molar-refractivity contribution in [1.82, 2.24) is 0 Å². The van der Waals surface area contributed by atoms with Gasteiger partial charge in [-0.05, 0) is 61.5 Å². The molecule has 3 atom stereocenters. The van der Waals surface area contributed by atoms with Gasteiger partial charge in [0.15, 0.2) is 8.32 Å². The summed E-state index contributed by atoms with van der Waals surface area (Å²) >= 11 is 0. The van der Waals surface area contributed by atoms with Gasteiger partial charge >= 0.3 is 5.97 Å². The number of amides is 1. The maximum absolute atomic E-state index is 13.7. The van der Waals surface area contributed by atoms with Crippen LogP contribution in [0.15, 0.2) is 36.4 Å². The number of para-hydroxylation sites is 1. The highest BCUT2D eigenvalue weighted by atomic mass is 28.4. The molecule has 6 heteroatoms. The van der Waals surface area contributed by atoms with Crippen molar-refractivity contribution < 1.29 is 18.8 Å². The van der Waals surface area contributed by atoms with E-state index in [9.17, 15) is 9.59 Å². The molecule has 1 aliphatic heterocycles. The largest absolute Gasteiger partial charge is 0.457 e. The minimum Gasteiger partial charge on any atom is -0.457 e. The fraction of sp³-hybridized carbons (Fsp3) is 0.655. The van der Waals surface area contributed by atoms with Crippen LogP contribution >= 0.6 is 0 Å². The molecule has 0 saturated heterocycles. The Morgan fingerprint density at radius 1 is 1.20 bits per heavy atom. The maximum atomic E-state index is 13.7. The van der Waals surface area contributed by atoms with E-state index in [0.29, 0.717) is 13.2 Å². The number of carbonyl (C=O) groups is 2. The first-order valence-corrected chi connectivity index (χ1v) is 16.1. The van der Waals surface area contributed by atoms with Crippen molar-refractivity contribution in [2.45, 2.75) is 104 Å². The molecule has 0 bridgehead atoms. The maximum Gasteiger partial charge on any atom is 0.303 e. The van der Waals surface area contributed by atoms with Crippen LogP contribution in [0.25, 0.3) is 0 Å². The minimum absolute atomic E-state index is 0.0202. The van der Waals surface area contributed by atoms with Gasteiger partial charge in [0.25, 0.3) is 0 Å². The first-order valence-electron chi connectivity index (χ1n) is 13.2. The molecule has 0 radical (unpaired) electrons. The van der Waals surface area contributed by atoms with E-state index in [4.69, 9.17) is 9.16 Å². The van der Waals surface area contributed by atoms with Crippen LogP contribution in [0.3, 0.4) is 0 Å². The molecule has 196 valence electrons. The number of nitrogens with zero attached hydrogens (tertiary/aromatic N) is 1. The van der Waals surface area contributed by atoms with Crippen LogP contribution in [0.5, 0.6) is 0 Å². The van der Waals surface area contributed by atoms with Crippen molar-refractivity contribution in [3.63, 3.8) is 0 Å². The van der Waals surface area contributed by atoms with E-state index in [1.807, 2.05) is 30.0 Å². The molecular formula is C29H47NO4Si. The van der Waals surface area contributed by atoms with E-state index >= 15 is 0 Å². The number of anilines is 1. The number of ether oxygens (including phenoxy) is 1. The molecule has 1 heterocycles. The average molecular weight is 502 g/mol. The number of esters is 1. The minimum atomic E-state index is -1.82. The van der Waals surface area contributed by atoms with E-state index in [1.165, 1.54) is 12.5 Å². The summed E-state index contributed by atoms with van der Waals surface area (Å²) in [4.78, 5) is 27.5. The lowest BCUT2D eigenvalue weighted by molar-refractivity contribution is -0.148. The van der Waals surface area contributed by atoms with Gasteiger partial charge in [-0.1, -0.05) is 65.3 Å². The zero-order valence-corrected chi connectivity index (χ0v) is 24.3. The molecule has 0 fully saturated rings. The highest BCUT2D eigenvalue weighted by Gasteiger charge is 2.40. The Bertz CT molecular complexity index is 889. The Morgan fingerprint density at radius 2 is 1.86 bits per heavy atom. The second-order valence-electron chi connectivity index (χ2n) is 11.5. The average Bonchev–Trinajstić information content (AvgIpc) is 3.14. The second kappa shape index (κ2) is 12.4. The number of carbonyl (C=O) groups excluding carboxylic acids is 2. The summed E-state index contributed by atoms with van der Waals surface area (Å²) in [6.07, 6.45) is 4.20. The topological polar surface area (TPSA) is 55.8 Å². The molecule has 0 saturated carbocycles. The Labute approximate surface area is 214 Å². The molecule has 1 unspecified atom stereocenters. The number of unbranched alkanes of at least 4 members (excludes halogenated alkanes) is 2. The first kappa shape index (κ1) is 29.3. The Kier molecular flexibility index (Phi) is 10.3. The van der Waals surface area contributed by atoms with Gasteiger partial charge in [0, 0.05) is 31.7 Å². The number of rotatable bonds is 12. The molecule has 1 aromatic carbocycles. The molecule has 2 rings (SSSR count). The standard InChI is InChI=1S/C29H47NO4Si/c1-10-11-12-15-21(2)27(34-23(4)31)22(3)28(32)30-20-24(25-16-13-14-17-26(25)30)18-19-33-35(8,9)29(5,6)7/h13-14,16-17,22,24,27H,2,10-12,15,18-20H2,1,3-9H3/t22-,24?,27+/m0/s1. The Hall–Kier alpha value is -1.92. The van der Waals surface area contributed by atoms with Gasteiger partial charge in [0.2, 0.25) is 5.91 Å². The molecule has 1 amide bonds. The van der Waals surface area contributed by atoms with Gasteiger partial charge in [-0.25, -0.2) is 0 Å². The molecule has 35 heavy (non-hydrogen) atoms. The lowest BCUT2D eigenvalue weighted by atomic mass is 9.93. The van der Waals surface area contributed by atoms with Crippen LogP contribution in [-0.2, 0) is 18.8 Å². The zero-order valence-electron chi connectivity index (χ0n) is 23.3. The van der Waals surface area contributed by atoms with Gasteiger partial charge in [-0.2, -0.15) is 0 Å².